The number of halogens is 1. The first kappa shape index (κ1) is 15.0. The second-order valence-electron chi connectivity index (χ2n) is 4.98. The number of benzene rings is 1. The van der Waals surface area contributed by atoms with Crippen molar-refractivity contribution in [2.75, 3.05) is 13.7 Å². The maximum Gasteiger partial charge on any atom is 0.165 e. The zero-order valence-corrected chi connectivity index (χ0v) is 11.8. The van der Waals surface area contributed by atoms with E-state index in [1.165, 1.54) is 7.11 Å². The highest BCUT2D eigenvalue weighted by Gasteiger charge is 2.14. The van der Waals surface area contributed by atoms with Crippen molar-refractivity contribution in [1.82, 2.24) is 5.32 Å². The molecule has 1 aromatic rings. The van der Waals surface area contributed by atoms with E-state index in [1.807, 2.05) is 6.07 Å². The fourth-order valence-electron chi connectivity index (χ4n) is 1.96. The van der Waals surface area contributed by atoms with Gasteiger partial charge < -0.3 is 10.1 Å². The van der Waals surface area contributed by atoms with Crippen LogP contribution in [0.25, 0.3) is 0 Å². The Morgan fingerprint density at radius 3 is 2.56 bits per heavy atom. The van der Waals surface area contributed by atoms with E-state index in [4.69, 9.17) is 4.74 Å². The lowest BCUT2D eigenvalue weighted by molar-refractivity contribution is 0.382. The summed E-state index contributed by atoms with van der Waals surface area (Å²) in [4.78, 5) is 0. The molecule has 1 N–H and O–H groups in total. The predicted octanol–water partition coefficient (Wildman–Crippen LogP) is 3.40. The summed E-state index contributed by atoms with van der Waals surface area (Å²) in [5.74, 6) is 0.552. The third kappa shape index (κ3) is 4.30. The van der Waals surface area contributed by atoms with Gasteiger partial charge in [-0.15, -0.1) is 0 Å². The summed E-state index contributed by atoms with van der Waals surface area (Å²) in [7, 11) is 1.48. The zero-order valence-electron chi connectivity index (χ0n) is 11.8. The van der Waals surface area contributed by atoms with Crippen molar-refractivity contribution in [3.8, 4) is 5.75 Å². The van der Waals surface area contributed by atoms with Crippen LogP contribution < -0.4 is 10.1 Å². The molecule has 1 aromatic carbocycles. The Kier molecular flexibility index (Phi) is 6.13. The Morgan fingerprint density at radius 1 is 1.33 bits per heavy atom. The van der Waals surface area contributed by atoms with Gasteiger partial charge in [0.05, 0.1) is 7.11 Å². The van der Waals surface area contributed by atoms with E-state index in [-0.39, 0.29) is 5.82 Å². The Morgan fingerprint density at radius 2 is 2.06 bits per heavy atom. The topological polar surface area (TPSA) is 21.3 Å². The van der Waals surface area contributed by atoms with E-state index in [0.29, 0.717) is 17.7 Å². The summed E-state index contributed by atoms with van der Waals surface area (Å²) in [5.41, 5.74) is 1.01. The Bertz CT molecular complexity index is 366. The van der Waals surface area contributed by atoms with Gasteiger partial charge in [-0.2, -0.15) is 0 Å². The lowest BCUT2D eigenvalue weighted by Crippen LogP contribution is -2.36. The standard InChI is InChI=1S/C15H24FNO/c1-5-8-17-14(11(2)3)10-12-6-7-15(18-4)13(16)9-12/h6-7,9,11,14,17H,5,8,10H2,1-4H3. The van der Waals surface area contributed by atoms with Crippen LogP contribution in [0.15, 0.2) is 18.2 Å². The molecule has 0 radical (unpaired) electrons. The molecule has 1 atom stereocenters. The number of rotatable bonds is 7. The molecule has 0 fully saturated rings. The van der Waals surface area contributed by atoms with Crippen LogP contribution in [-0.2, 0) is 6.42 Å². The lowest BCUT2D eigenvalue weighted by Gasteiger charge is -2.22. The minimum absolute atomic E-state index is 0.284. The largest absolute Gasteiger partial charge is 0.494 e. The van der Waals surface area contributed by atoms with E-state index in [0.717, 1.165) is 24.9 Å². The van der Waals surface area contributed by atoms with Gasteiger partial charge in [0, 0.05) is 6.04 Å². The summed E-state index contributed by atoms with van der Waals surface area (Å²) >= 11 is 0. The minimum atomic E-state index is -0.284. The van der Waals surface area contributed by atoms with Crippen LogP contribution in [-0.4, -0.2) is 19.7 Å². The average Bonchev–Trinajstić information content (AvgIpc) is 2.34. The van der Waals surface area contributed by atoms with E-state index in [9.17, 15) is 4.39 Å². The molecule has 0 saturated carbocycles. The van der Waals surface area contributed by atoms with Crippen molar-refractivity contribution in [3.05, 3.63) is 29.6 Å². The predicted molar refractivity (Wildman–Crippen MR) is 73.6 cm³/mol. The van der Waals surface area contributed by atoms with Gasteiger partial charge in [0.1, 0.15) is 0 Å². The summed E-state index contributed by atoms with van der Waals surface area (Å²) in [6.07, 6.45) is 1.96. The molecule has 3 heteroatoms. The van der Waals surface area contributed by atoms with E-state index >= 15 is 0 Å². The van der Waals surface area contributed by atoms with Gasteiger partial charge in [0.25, 0.3) is 0 Å². The van der Waals surface area contributed by atoms with Crippen LogP contribution in [0.4, 0.5) is 4.39 Å². The van der Waals surface area contributed by atoms with Gasteiger partial charge in [0.15, 0.2) is 11.6 Å². The summed E-state index contributed by atoms with van der Waals surface area (Å²) in [6.45, 7) is 7.53. The highest BCUT2D eigenvalue weighted by molar-refractivity contribution is 5.29. The lowest BCUT2D eigenvalue weighted by atomic mass is 9.96. The molecule has 0 spiro atoms. The van der Waals surface area contributed by atoms with Gasteiger partial charge in [-0.25, -0.2) is 4.39 Å². The molecule has 0 aromatic heterocycles. The highest BCUT2D eigenvalue weighted by Crippen LogP contribution is 2.19. The maximum absolute atomic E-state index is 13.6. The van der Waals surface area contributed by atoms with Gasteiger partial charge in [-0.3, -0.25) is 0 Å². The number of hydrogen-bond acceptors (Lipinski definition) is 2. The molecule has 1 unspecified atom stereocenters. The van der Waals surface area contributed by atoms with E-state index in [2.05, 4.69) is 26.1 Å². The molecule has 0 aliphatic heterocycles. The summed E-state index contributed by atoms with van der Waals surface area (Å²) in [5, 5.41) is 3.51. The van der Waals surface area contributed by atoms with Crippen LogP contribution in [0.5, 0.6) is 5.75 Å². The van der Waals surface area contributed by atoms with Crippen LogP contribution in [0, 0.1) is 11.7 Å². The van der Waals surface area contributed by atoms with Gasteiger partial charge >= 0.3 is 0 Å². The van der Waals surface area contributed by atoms with Crippen LogP contribution >= 0.6 is 0 Å². The Labute approximate surface area is 110 Å². The third-order valence-corrected chi connectivity index (χ3v) is 3.13. The molecular formula is C15H24FNO. The first-order valence-electron chi connectivity index (χ1n) is 6.64. The molecule has 0 aliphatic rings. The fraction of sp³-hybridized carbons (Fsp3) is 0.600. The highest BCUT2D eigenvalue weighted by atomic mass is 19.1. The monoisotopic (exact) mass is 253 g/mol. The number of hydrogen-bond donors (Lipinski definition) is 1. The third-order valence-electron chi connectivity index (χ3n) is 3.13. The zero-order chi connectivity index (χ0) is 13.5. The fourth-order valence-corrected chi connectivity index (χ4v) is 1.96. The van der Waals surface area contributed by atoms with Crippen LogP contribution in [0.1, 0.15) is 32.8 Å². The van der Waals surface area contributed by atoms with Crippen molar-refractivity contribution in [2.45, 2.75) is 39.7 Å². The molecule has 102 valence electrons. The number of nitrogens with one attached hydrogen (secondary N) is 1. The molecule has 18 heavy (non-hydrogen) atoms. The van der Waals surface area contributed by atoms with Crippen molar-refractivity contribution >= 4 is 0 Å². The first-order chi connectivity index (χ1) is 8.58. The SMILES string of the molecule is CCCNC(Cc1ccc(OC)c(F)c1)C(C)C. The normalized spacial score (nSPS) is 12.8. The van der Waals surface area contributed by atoms with E-state index < -0.39 is 0 Å². The van der Waals surface area contributed by atoms with Gasteiger partial charge in [0.2, 0.25) is 0 Å². The molecule has 0 saturated heterocycles. The first-order valence-corrected chi connectivity index (χ1v) is 6.64. The summed E-state index contributed by atoms with van der Waals surface area (Å²) < 4.78 is 18.5. The van der Waals surface area contributed by atoms with E-state index in [1.54, 1.807) is 12.1 Å². The minimum Gasteiger partial charge on any atom is -0.494 e. The van der Waals surface area contributed by atoms with Crippen LogP contribution in [0.2, 0.25) is 0 Å². The molecule has 2 nitrogen and oxygen atoms in total. The molecular weight excluding hydrogens is 229 g/mol. The molecule has 1 rings (SSSR count). The van der Waals surface area contributed by atoms with Gasteiger partial charge in [-0.05, 0) is 43.0 Å². The molecule has 0 amide bonds. The number of ether oxygens (including phenoxy) is 1. The van der Waals surface area contributed by atoms with Crippen molar-refractivity contribution < 1.29 is 9.13 Å². The second kappa shape index (κ2) is 7.37. The van der Waals surface area contributed by atoms with Crippen molar-refractivity contribution in [3.63, 3.8) is 0 Å². The quantitative estimate of drug-likeness (QED) is 0.804. The van der Waals surface area contributed by atoms with Crippen molar-refractivity contribution in [1.29, 1.82) is 0 Å². The Hall–Kier alpha value is -1.09. The average molecular weight is 253 g/mol. The van der Waals surface area contributed by atoms with Crippen LogP contribution in [0.3, 0.4) is 0 Å². The molecule has 0 bridgehead atoms. The molecule has 0 aliphatic carbocycles. The second-order valence-corrected chi connectivity index (χ2v) is 4.98. The smallest absolute Gasteiger partial charge is 0.165 e. The molecule has 0 heterocycles. The number of methoxy groups -OCH3 is 1. The maximum atomic E-state index is 13.6. The Balaban J connectivity index is 2.71. The summed E-state index contributed by atoms with van der Waals surface area (Å²) in [6, 6.07) is 5.59. The van der Waals surface area contributed by atoms with Crippen molar-refractivity contribution in [2.24, 2.45) is 5.92 Å². The van der Waals surface area contributed by atoms with Gasteiger partial charge in [-0.1, -0.05) is 26.8 Å².